The van der Waals surface area contributed by atoms with Crippen molar-refractivity contribution in [1.29, 1.82) is 0 Å². The Labute approximate surface area is 129 Å². The Bertz CT molecular complexity index is 737. The Kier molecular flexibility index (Phi) is 3.01. The summed E-state index contributed by atoms with van der Waals surface area (Å²) in [4.78, 5) is 3.11. The van der Waals surface area contributed by atoms with Crippen LogP contribution in [0.3, 0.4) is 0 Å². The fourth-order valence-corrected chi connectivity index (χ4v) is 3.88. The minimum absolute atomic E-state index is 0.254. The lowest BCUT2D eigenvalue weighted by Crippen LogP contribution is -2.22. The van der Waals surface area contributed by atoms with Crippen LogP contribution in [-0.2, 0) is 4.74 Å². The van der Waals surface area contributed by atoms with Gasteiger partial charge in [0.1, 0.15) is 5.82 Å². The van der Waals surface area contributed by atoms with Crippen LogP contribution in [0, 0.1) is 16.5 Å². The van der Waals surface area contributed by atoms with Crippen molar-refractivity contribution in [2.45, 2.75) is 31.4 Å². The van der Waals surface area contributed by atoms with Gasteiger partial charge in [0, 0.05) is 12.7 Å². The van der Waals surface area contributed by atoms with E-state index in [1.165, 1.54) is 18.9 Å². The second kappa shape index (κ2) is 4.64. The smallest absolute Gasteiger partial charge is 0.178 e. The topological polar surface area (TPSA) is 29.9 Å². The fraction of sp³-hybridized carbons (Fsp3) is 0.500. The second-order valence-electron chi connectivity index (χ2n) is 5.61. The van der Waals surface area contributed by atoms with Gasteiger partial charge in [0.25, 0.3) is 0 Å². The monoisotopic (exact) mass is 356 g/mol. The van der Waals surface area contributed by atoms with Crippen molar-refractivity contribution in [2.24, 2.45) is 5.92 Å². The minimum atomic E-state index is -0.276. The van der Waals surface area contributed by atoms with Gasteiger partial charge in [-0.3, -0.25) is 0 Å². The zero-order valence-corrected chi connectivity index (χ0v) is 13.1. The van der Waals surface area contributed by atoms with Crippen molar-refractivity contribution in [2.75, 3.05) is 6.61 Å². The molecule has 0 spiro atoms. The van der Waals surface area contributed by atoms with E-state index >= 15 is 0 Å². The van der Waals surface area contributed by atoms with Crippen LogP contribution in [0.2, 0.25) is 0 Å². The lowest BCUT2D eigenvalue weighted by molar-refractivity contribution is 0.0756. The molecule has 1 aliphatic carbocycles. The molecule has 20 heavy (non-hydrogen) atoms. The number of rotatable bonds is 2. The molecule has 1 saturated carbocycles. The van der Waals surface area contributed by atoms with Gasteiger partial charge < -0.3 is 14.3 Å². The molecule has 0 bridgehead atoms. The zero-order valence-electron chi connectivity index (χ0n) is 10.7. The standard InChI is InChI=1S/C14H14BrFN2OS/c15-8-5-12-10(6-9(8)16)17-14(20)18(12)11-3-4-19-13(11)7-1-2-7/h5-7,11,13H,1-4H2,(H,17,20). The van der Waals surface area contributed by atoms with Crippen LogP contribution in [0.5, 0.6) is 0 Å². The number of hydrogen-bond acceptors (Lipinski definition) is 2. The van der Waals surface area contributed by atoms with E-state index in [0.717, 1.165) is 24.1 Å². The molecule has 2 unspecified atom stereocenters. The normalized spacial score (nSPS) is 26.5. The van der Waals surface area contributed by atoms with Crippen molar-refractivity contribution in [1.82, 2.24) is 9.55 Å². The summed E-state index contributed by atoms with van der Waals surface area (Å²) >= 11 is 8.71. The van der Waals surface area contributed by atoms with E-state index in [1.807, 2.05) is 0 Å². The van der Waals surface area contributed by atoms with E-state index in [2.05, 4.69) is 25.5 Å². The largest absolute Gasteiger partial charge is 0.376 e. The predicted molar refractivity (Wildman–Crippen MR) is 80.9 cm³/mol. The molecule has 106 valence electrons. The SMILES string of the molecule is Fc1cc2[nH]c(=S)n(C3CCOC3C3CC3)c2cc1Br. The first kappa shape index (κ1) is 13.0. The molecule has 3 nitrogen and oxygen atoms in total. The van der Waals surface area contributed by atoms with Crippen LogP contribution in [0.1, 0.15) is 25.3 Å². The summed E-state index contributed by atoms with van der Waals surface area (Å²) in [5, 5.41) is 0. The number of nitrogens with one attached hydrogen (secondary N) is 1. The highest BCUT2D eigenvalue weighted by Crippen LogP contribution is 2.44. The Balaban J connectivity index is 1.88. The van der Waals surface area contributed by atoms with Gasteiger partial charge in [-0.15, -0.1) is 0 Å². The number of imidazole rings is 1. The third kappa shape index (κ3) is 1.96. The average Bonchev–Trinajstić information content (AvgIpc) is 3.06. The molecule has 0 radical (unpaired) electrons. The summed E-state index contributed by atoms with van der Waals surface area (Å²) in [6.45, 7) is 0.780. The third-order valence-electron chi connectivity index (χ3n) is 4.28. The summed E-state index contributed by atoms with van der Waals surface area (Å²) in [7, 11) is 0. The molecular weight excluding hydrogens is 343 g/mol. The molecule has 2 aliphatic rings. The van der Waals surface area contributed by atoms with Gasteiger partial charge in [0.05, 0.1) is 27.7 Å². The maximum atomic E-state index is 13.6. The number of H-pyrrole nitrogens is 1. The summed E-state index contributed by atoms with van der Waals surface area (Å²) in [6.07, 6.45) is 3.71. The van der Waals surface area contributed by atoms with Crippen LogP contribution in [0.4, 0.5) is 4.39 Å². The number of hydrogen-bond donors (Lipinski definition) is 1. The van der Waals surface area contributed by atoms with Gasteiger partial charge in [-0.25, -0.2) is 4.39 Å². The number of benzene rings is 1. The van der Waals surface area contributed by atoms with Gasteiger partial charge >= 0.3 is 0 Å². The van der Waals surface area contributed by atoms with E-state index in [1.54, 1.807) is 6.07 Å². The van der Waals surface area contributed by atoms with E-state index in [0.29, 0.717) is 15.2 Å². The average molecular weight is 357 g/mol. The lowest BCUT2D eigenvalue weighted by Gasteiger charge is -2.20. The number of aromatic amines is 1. The third-order valence-corrected chi connectivity index (χ3v) is 5.19. The van der Waals surface area contributed by atoms with E-state index in [-0.39, 0.29) is 18.0 Å². The lowest BCUT2D eigenvalue weighted by atomic mass is 10.1. The summed E-state index contributed by atoms with van der Waals surface area (Å²) in [5.41, 5.74) is 1.70. The maximum absolute atomic E-state index is 13.6. The summed E-state index contributed by atoms with van der Waals surface area (Å²) in [5.74, 6) is 0.389. The molecule has 6 heteroatoms. The summed E-state index contributed by atoms with van der Waals surface area (Å²) in [6, 6.07) is 3.56. The first-order chi connectivity index (χ1) is 9.65. The first-order valence-electron chi connectivity index (χ1n) is 6.86. The van der Waals surface area contributed by atoms with E-state index in [4.69, 9.17) is 17.0 Å². The van der Waals surface area contributed by atoms with Gasteiger partial charge in [-0.05, 0) is 59.4 Å². The molecule has 1 N–H and O–H groups in total. The predicted octanol–water partition coefficient (Wildman–Crippen LogP) is 4.34. The highest BCUT2D eigenvalue weighted by Gasteiger charge is 2.42. The second-order valence-corrected chi connectivity index (χ2v) is 6.85. The fourth-order valence-electron chi connectivity index (χ4n) is 3.20. The number of nitrogens with zero attached hydrogens (tertiary/aromatic N) is 1. The van der Waals surface area contributed by atoms with Crippen LogP contribution < -0.4 is 0 Å². The molecule has 2 heterocycles. The number of fused-ring (bicyclic) bond motifs is 1. The van der Waals surface area contributed by atoms with Crippen molar-refractivity contribution in [3.63, 3.8) is 0 Å². The molecule has 4 rings (SSSR count). The highest BCUT2D eigenvalue weighted by molar-refractivity contribution is 9.10. The van der Waals surface area contributed by atoms with Gasteiger partial charge in [-0.1, -0.05) is 0 Å². The summed E-state index contributed by atoms with van der Waals surface area (Å²) < 4.78 is 22.8. The van der Waals surface area contributed by atoms with Gasteiger partial charge in [-0.2, -0.15) is 0 Å². The number of halogens is 2. The van der Waals surface area contributed by atoms with Crippen LogP contribution >= 0.6 is 28.1 Å². The number of ether oxygens (including phenoxy) is 1. The quantitative estimate of drug-likeness (QED) is 0.811. The number of aromatic nitrogens is 2. The van der Waals surface area contributed by atoms with Gasteiger partial charge in [0.2, 0.25) is 0 Å². The maximum Gasteiger partial charge on any atom is 0.178 e. The van der Waals surface area contributed by atoms with Gasteiger partial charge in [0.15, 0.2) is 4.77 Å². The van der Waals surface area contributed by atoms with Crippen molar-refractivity contribution in [3.8, 4) is 0 Å². The van der Waals surface area contributed by atoms with E-state index < -0.39 is 0 Å². The molecular formula is C14H14BrFN2OS. The Hall–Kier alpha value is -0.720. The Morgan fingerprint density at radius 1 is 1.35 bits per heavy atom. The molecule has 2 atom stereocenters. The molecule has 1 saturated heterocycles. The van der Waals surface area contributed by atoms with Crippen LogP contribution in [-0.4, -0.2) is 22.3 Å². The highest BCUT2D eigenvalue weighted by atomic mass is 79.9. The first-order valence-corrected chi connectivity index (χ1v) is 8.06. The van der Waals surface area contributed by atoms with Crippen molar-refractivity contribution in [3.05, 3.63) is 27.2 Å². The molecule has 1 aromatic carbocycles. The molecule has 1 aromatic heterocycles. The Morgan fingerprint density at radius 2 is 2.15 bits per heavy atom. The minimum Gasteiger partial charge on any atom is -0.376 e. The van der Waals surface area contributed by atoms with Crippen molar-refractivity contribution >= 4 is 39.2 Å². The van der Waals surface area contributed by atoms with Crippen molar-refractivity contribution < 1.29 is 9.13 Å². The van der Waals surface area contributed by atoms with Crippen LogP contribution in [0.15, 0.2) is 16.6 Å². The zero-order chi connectivity index (χ0) is 13.9. The molecule has 1 aliphatic heterocycles. The van der Waals surface area contributed by atoms with Crippen LogP contribution in [0.25, 0.3) is 11.0 Å². The molecule has 2 aromatic rings. The van der Waals surface area contributed by atoms with E-state index in [9.17, 15) is 4.39 Å². The Morgan fingerprint density at radius 3 is 2.90 bits per heavy atom. The molecule has 2 fully saturated rings. The molecule has 0 amide bonds.